The zero-order chi connectivity index (χ0) is 12.5. The van der Waals surface area contributed by atoms with Crippen LogP contribution in [0.5, 0.6) is 0 Å². The summed E-state index contributed by atoms with van der Waals surface area (Å²) in [5.41, 5.74) is 1.18. The van der Waals surface area contributed by atoms with Gasteiger partial charge in [-0.2, -0.15) is 0 Å². The Bertz CT molecular complexity index is 322. The molecular formula is C14H23NO2. The molecule has 96 valence electrons. The van der Waals surface area contributed by atoms with Crippen LogP contribution < -0.4 is 0 Å². The van der Waals surface area contributed by atoms with E-state index in [4.69, 9.17) is 4.74 Å². The number of amides is 1. The molecule has 0 bridgehead atoms. The summed E-state index contributed by atoms with van der Waals surface area (Å²) in [4.78, 5) is 13.6. The van der Waals surface area contributed by atoms with Crippen LogP contribution in [0, 0.1) is 5.92 Å². The van der Waals surface area contributed by atoms with Gasteiger partial charge in [0.25, 0.3) is 0 Å². The van der Waals surface area contributed by atoms with Crippen molar-refractivity contribution in [3.05, 3.63) is 11.6 Å². The highest BCUT2D eigenvalue weighted by atomic mass is 16.6. The summed E-state index contributed by atoms with van der Waals surface area (Å²) >= 11 is 0. The molecule has 0 atom stereocenters. The summed E-state index contributed by atoms with van der Waals surface area (Å²) in [5.74, 6) is 0.600. The van der Waals surface area contributed by atoms with Gasteiger partial charge in [-0.05, 0) is 46.5 Å². The van der Waals surface area contributed by atoms with E-state index in [2.05, 4.69) is 6.08 Å². The first-order valence-corrected chi connectivity index (χ1v) is 6.62. The van der Waals surface area contributed by atoms with E-state index < -0.39 is 0 Å². The second kappa shape index (κ2) is 4.71. The molecule has 0 unspecified atom stereocenters. The van der Waals surface area contributed by atoms with E-state index >= 15 is 0 Å². The fraction of sp³-hybridized carbons (Fsp3) is 0.786. The molecule has 0 saturated carbocycles. The Labute approximate surface area is 104 Å². The predicted octanol–water partition coefficient (Wildman–Crippen LogP) is 3.35. The van der Waals surface area contributed by atoms with Crippen LogP contribution in [-0.4, -0.2) is 29.7 Å². The van der Waals surface area contributed by atoms with Crippen LogP contribution in [0.25, 0.3) is 0 Å². The van der Waals surface area contributed by atoms with E-state index in [-0.39, 0.29) is 11.7 Å². The number of hydrogen-bond acceptors (Lipinski definition) is 2. The minimum atomic E-state index is -0.383. The van der Waals surface area contributed by atoms with E-state index in [1.165, 1.54) is 25.7 Å². The molecule has 1 heterocycles. The Balaban J connectivity index is 1.78. The lowest BCUT2D eigenvalue weighted by Crippen LogP contribution is -2.52. The molecule has 3 nitrogen and oxygen atoms in total. The second-order valence-corrected chi connectivity index (χ2v) is 6.11. The normalized spacial score (nSPS) is 21.8. The number of hydrogen-bond donors (Lipinski definition) is 0. The van der Waals surface area contributed by atoms with Crippen molar-refractivity contribution in [1.82, 2.24) is 4.90 Å². The standard InChI is InChI=1S/C14H23NO2/c1-14(2,3)17-13(16)15-9-12(10-15)11-7-5-4-6-8-11/h7,12H,4-6,8-10H2,1-3H3. The molecule has 0 radical (unpaired) electrons. The van der Waals surface area contributed by atoms with Crippen LogP contribution in [0.2, 0.25) is 0 Å². The molecule has 1 saturated heterocycles. The van der Waals surface area contributed by atoms with Gasteiger partial charge in [0.05, 0.1) is 0 Å². The third kappa shape index (κ3) is 3.24. The number of rotatable bonds is 1. The first-order chi connectivity index (χ1) is 7.96. The summed E-state index contributed by atoms with van der Waals surface area (Å²) in [6.45, 7) is 7.42. The SMILES string of the molecule is CC(C)(C)OC(=O)N1CC(C2=CCCCC2)C1. The zero-order valence-corrected chi connectivity index (χ0v) is 11.2. The Morgan fingerprint density at radius 1 is 1.35 bits per heavy atom. The van der Waals surface area contributed by atoms with Gasteiger partial charge in [0.1, 0.15) is 5.60 Å². The van der Waals surface area contributed by atoms with Crippen LogP contribution in [0.3, 0.4) is 0 Å². The maximum atomic E-state index is 11.8. The van der Waals surface area contributed by atoms with Crippen molar-refractivity contribution in [2.75, 3.05) is 13.1 Å². The largest absolute Gasteiger partial charge is 0.444 e. The Kier molecular flexibility index (Phi) is 3.45. The van der Waals surface area contributed by atoms with Gasteiger partial charge in [0.15, 0.2) is 0 Å². The average molecular weight is 237 g/mol. The maximum absolute atomic E-state index is 11.8. The van der Waals surface area contributed by atoms with Gasteiger partial charge in [-0.3, -0.25) is 0 Å². The number of carbonyl (C=O) groups is 1. The molecule has 3 heteroatoms. The minimum Gasteiger partial charge on any atom is -0.444 e. The number of nitrogens with zero attached hydrogens (tertiary/aromatic N) is 1. The van der Waals surface area contributed by atoms with Gasteiger partial charge in [0, 0.05) is 19.0 Å². The lowest BCUT2D eigenvalue weighted by atomic mass is 9.84. The van der Waals surface area contributed by atoms with Crippen LogP contribution >= 0.6 is 0 Å². The fourth-order valence-electron chi connectivity index (χ4n) is 2.42. The highest BCUT2D eigenvalue weighted by Gasteiger charge is 2.35. The molecule has 0 aromatic heterocycles. The van der Waals surface area contributed by atoms with Crippen molar-refractivity contribution in [3.8, 4) is 0 Å². The number of allylic oxidation sites excluding steroid dienone is 1. The molecule has 0 spiro atoms. The van der Waals surface area contributed by atoms with Crippen molar-refractivity contribution in [2.45, 2.75) is 52.1 Å². The molecule has 0 aromatic carbocycles. The summed E-state index contributed by atoms with van der Waals surface area (Å²) in [6.07, 6.45) is 7.30. The molecule has 0 aromatic rings. The van der Waals surface area contributed by atoms with E-state index in [1.54, 1.807) is 5.57 Å². The monoisotopic (exact) mass is 237 g/mol. The highest BCUT2D eigenvalue weighted by Crippen LogP contribution is 2.31. The topological polar surface area (TPSA) is 29.5 Å². The average Bonchev–Trinajstić information content (AvgIpc) is 2.14. The van der Waals surface area contributed by atoms with Crippen LogP contribution in [0.1, 0.15) is 46.5 Å². The van der Waals surface area contributed by atoms with E-state index in [0.717, 1.165) is 13.1 Å². The zero-order valence-electron chi connectivity index (χ0n) is 11.2. The molecule has 2 aliphatic rings. The molecule has 0 N–H and O–H groups in total. The van der Waals surface area contributed by atoms with Gasteiger partial charge in [-0.1, -0.05) is 11.6 Å². The van der Waals surface area contributed by atoms with Gasteiger partial charge in [0.2, 0.25) is 0 Å². The minimum absolute atomic E-state index is 0.162. The highest BCUT2D eigenvalue weighted by molar-refractivity contribution is 5.69. The van der Waals surface area contributed by atoms with Gasteiger partial charge in [-0.25, -0.2) is 4.79 Å². The third-order valence-corrected chi connectivity index (χ3v) is 3.38. The van der Waals surface area contributed by atoms with Crippen molar-refractivity contribution < 1.29 is 9.53 Å². The van der Waals surface area contributed by atoms with E-state index in [9.17, 15) is 4.79 Å². The molecular weight excluding hydrogens is 214 g/mol. The van der Waals surface area contributed by atoms with Crippen molar-refractivity contribution >= 4 is 6.09 Å². The Morgan fingerprint density at radius 3 is 2.59 bits per heavy atom. The quantitative estimate of drug-likeness (QED) is 0.654. The van der Waals surface area contributed by atoms with Crippen molar-refractivity contribution in [2.24, 2.45) is 5.92 Å². The predicted molar refractivity (Wildman–Crippen MR) is 67.8 cm³/mol. The maximum Gasteiger partial charge on any atom is 0.410 e. The number of carbonyl (C=O) groups excluding carboxylic acids is 1. The van der Waals surface area contributed by atoms with Gasteiger partial charge >= 0.3 is 6.09 Å². The molecule has 1 aliphatic carbocycles. The molecule has 1 aliphatic heterocycles. The fourth-order valence-corrected chi connectivity index (χ4v) is 2.42. The summed E-state index contributed by atoms with van der Waals surface area (Å²) < 4.78 is 5.34. The first kappa shape index (κ1) is 12.5. The molecule has 2 rings (SSSR count). The smallest absolute Gasteiger partial charge is 0.410 e. The molecule has 1 fully saturated rings. The summed E-state index contributed by atoms with van der Waals surface area (Å²) in [6, 6.07) is 0. The molecule has 1 amide bonds. The summed E-state index contributed by atoms with van der Waals surface area (Å²) in [5, 5.41) is 0. The van der Waals surface area contributed by atoms with E-state index in [0.29, 0.717) is 5.92 Å². The van der Waals surface area contributed by atoms with Crippen LogP contribution in [-0.2, 0) is 4.74 Å². The number of ether oxygens (including phenoxy) is 1. The van der Waals surface area contributed by atoms with Crippen LogP contribution in [0.4, 0.5) is 4.79 Å². The lowest BCUT2D eigenvalue weighted by molar-refractivity contribution is 0.00319. The Morgan fingerprint density at radius 2 is 2.06 bits per heavy atom. The second-order valence-electron chi connectivity index (χ2n) is 6.11. The first-order valence-electron chi connectivity index (χ1n) is 6.62. The lowest BCUT2D eigenvalue weighted by Gasteiger charge is -2.41. The van der Waals surface area contributed by atoms with Gasteiger partial charge < -0.3 is 9.64 Å². The van der Waals surface area contributed by atoms with Gasteiger partial charge in [-0.15, -0.1) is 0 Å². The summed E-state index contributed by atoms with van der Waals surface area (Å²) in [7, 11) is 0. The van der Waals surface area contributed by atoms with E-state index in [1.807, 2.05) is 25.7 Å². The third-order valence-electron chi connectivity index (χ3n) is 3.38. The molecule has 17 heavy (non-hydrogen) atoms. The number of likely N-dealkylation sites (tertiary alicyclic amines) is 1. The Hall–Kier alpha value is -0.990. The van der Waals surface area contributed by atoms with Crippen LogP contribution in [0.15, 0.2) is 11.6 Å². The van der Waals surface area contributed by atoms with Crippen molar-refractivity contribution in [1.29, 1.82) is 0 Å². The van der Waals surface area contributed by atoms with Crippen molar-refractivity contribution in [3.63, 3.8) is 0 Å².